The van der Waals surface area contributed by atoms with Crippen LogP contribution in [-0.2, 0) is 15.0 Å². The smallest absolute Gasteiger partial charge is 0.238 e. The van der Waals surface area contributed by atoms with E-state index in [9.17, 15) is 14.0 Å². The lowest BCUT2D eigenvalue weighted by Crippen LogP contribution is -2.58. The van der Waals surface area contributed by atoms with Crippen molar-refractivity contribution in [2.45, 2.75) is 82.3 Å². The Morgan fingerprint density at radius 2 is 1.72 bits per heavy atom. The van der Waals surface area contributed by atoms with Gasteiger partial charge in [0.2, 0.25) is 11.8 Å². The van der Waals surface area contributed by atoms with Crippen LogP contribution in [0, 0.1) is 23.6 Å². The fourth-order valence-electron chi connectivity index (χ4n) is 10.4. The molecular formula is C42H49FN8O2. The van der Waals surface area contributed by atoms with Crippen molar-refractivity contribution < 1.29 is 14.0 Å². The van der Waals surface area contributed by atoms with Crippen LogP contribution in [-0.4, -0.2) is 87.5 Å². The molecule has 2 unspecified atom stereocenters. The van der Waals surface area contributed by atoms with Gasteiger partial charge in [-0.05, 0) is 120 Å². The predicted molar refractivity (Wildman–Crippen MR) is 204 cm³/mol. The number of carbonyl (C=O) groups is 2. The number of halogens is 1. The zero-order chi connectivity index (χ0) is 36.0. The van der Waals surface area contributed by atoms with E-state index >= 15 is 0 Å². The maximum absolute atomic E-state index is 14.9. The molecule has 10 nitrogen and oxygen atoms in total. The van der Waals surface area contributed by atoms with E-state index < -0.39 is 5.41 Å². The number of para-hydroxylation sites is 1. The minimum absolute atomic E-state index is 0.128. The highest BCUT2D eigenvalue weighted by molar-refractivity contribution is 6.09. The minimum Gasteiger partial charge on any atom is -0.342 e. The van der Waals surface area contributed by atoms with Crippen LogP contribution in [0.4, 0.5) is 21.6 Å². The average Bonchev–Trinajstić information content (AvgIpc) is 3.44. The molecule has 2 aliphatic carbocycles. The van der Waals surface area contributed by atoms with Gasteiger partial charge in [-0.1, -0.05) is 30.7 Å². The molecular weight excluding hydrogens is 668 g/mol. The first-order valence-corrected chi connectivity index (χ1v) is 19.9. The van der Waals surface area contributed by atoms with Gasteiger partial charge in [0.25, 0.3) is 0 Å². The number of hydrogen-bond donors (Lipinski definition) is 2. The highest BCUT2D eigenvalue weighted by Crippen LogP contribution is 2.54. The Bertz CT molecular complexity index is 2080. The predicted octanol–water partition coefficient (Wildman–Crippen LogP) is 6.25. The fourth-order valence-corrected chi connectivity index (χ4v) is 10.4. The van der Waals surface area contributed by atoms with E-state index in [1.54, 1.807) is 18.2 Å². The van der Waals surface area contributed by atoms with Crippen molar-refractivity contribution in [2.75, 3.05) is 49.5 Å². The monoisotopic (exact) mass is 716 g/mol. The van der Waals surface area contributed by atoms with Crippen LogP contribution < -0.4 is 15.5 Å². The van der Waals surface area contributed by atoms with Crippen molar-refractivity contribution in [1.82, 2.24) is 29.7 Å². The summed E-state index contributed by atoms with van der Waals surface area (Å²) in [7, 11) is 0. The number of amides is 2. The molecule has 0 radical (unpaired) electrons. The Morgan fingerprint density at radius 3 is 2.45 bits per heavy atom. The van der Waals surface area contributed by atoms with Gasteiger partial charge in [0, 0.05) is 48.4 Å². The maximum atomic E-state index is 14.9. The molecule has 6 heterocycles. The Morgan fingerprint density at radius 1 is 0.962 bits per heavy atom. The number of likely N-dealkylation sites (tertiary alicyclic amines) is 2. The number of rotatable bonds is 7. The molecule has 4 aromatic rings. The first-order valence-electron chi connectivity index (χ1n) is 19.9. The second-order valence-corrected chi connectivity index (χ2v) is 16.8. The van der Waals surface area contributed by atoms with Crippen molar-refractivity contribution in [3.8, 4) is 11.3 Å². The number of hydrogen-bond acceptors (Lipinski definition) is 7. The van der Waals surface area contributed by atoms with Crippen LogP contribution >= 0.6 is 0 Å². The van der Waals surface area contributed by atoms with Crippen LogP contribution in [0.2, 0.25) is 0 Å². The Hall–Kier alpha value is -4.35. The third-order valence-electron chi connectivity index (χ3n) is 13.6. The lowest BCUT2D eigenvalue weighted by Gasteiger charge is -2.48. The first kappa shape index (κ1) is 33.2. The second-order valence-electron chi connectivity index (χ2n) is 16.8. The van der Waals surface area contributed by atoms with Gasteiger partial charge >= 0.3 is 0 Å². The van der Waals surface area contributed by atoms with Crippen molar-refractivity contribution >= 4 is 40.0 Å². The number of pyridine rings is 1. The van der Waals surface area contributed by atoms with E-state index in [1.165, 1.54) is 25.3 Å². The molecule has 276 valence electrons. The first-order chi connectivity index (χ1) is 25.8. The zero-order valence-corrected chi connectivity index (χ0v) is 30.7. The summed E-state index contributed by atoms with van der Waals surface area (Å²) in [6.45, 7) is 9.63. The highest BCUT2D eigenvalue weighted by Gasteiger charge is 2.60. The molecule has 3 saturated heterocycles. The van der Waals surface area contributed by atoms with Crippen LogP contribution in [0.3, 0.4) is 0 Å². The van der Waals surface area contributed by atoms with Crippen molar-refractivity contribution in [2.24, 2.45) is 17.8 Å². The summed E-state index contributed by atoms with van der Waals surface area (Å²) >= 11 is 0. The normalized spacial score (nSPS) is 27.7. The van der Waals surface area contributed by atoms with Crippen LogP contribution in [0.15, 0.2) is 54.9 Å². The number of nitrogens with one attached hydrogen (secondary N) is 2. The molecule has 2 atom stereocenters. The molecule has 0 bridgehead atoms. The SMILES string of the molecule is CC(C)n1cnc2cc(-c3ccc4c(c3)N(C3CC(N5CCCCC5)C3)C(=O)C43CCN(C(=O)C4C5CNCC54)CC3)nc(Nc3ccccc3F)c21. The van der Waals surface area contributed by atoms with Gasteiger partial charge < -0.3 is 29.9 Å². The third kappa shape index (κ3) is 5.32. The molecule has 10 rings (SSSR count). The second kappa shape index (κ2) is 12.6. The Labute approximate surface area is 310 Å². The van der Waals surface area contributed by atoms with E-state index in [0.717, 1.165) is 66.9 Å². The summed E-state index contributed by atoms with van der Waals surface area (Å²) in [5.41, 5.74) is 4.97. The fraction of sp³-hybridized carbons (Fsp3) is 0.524. The van der Waals surface area contributed by atoms with Crippen LogP contribution in [0.5, 0.6) is 0 Å². The summed E-state index contributed by atoms with van der Waals surface area (Å²) in [5.74, 6) is 1.81. The van der Waals surface area contributed by atoms with Gasteiger partial charge in [0.1, 0.15) is 11.3 Å². The summed E-state index contributed by atoms with van der Waals surface area (Å²) < 4.78 is 17.0. The molecule has 4 aliphatic heterocycles. The molecule has 6 aliphatic rings. The molecule has 5 fully saturated rings. The quantitative estimate of drug-likeness (QED) is 0.233. The number of anilines is 3. The lowest BCUT2D eigenvalue weighted by molar-refractivity contribution is -0.137. The average molecular weight is 717 g/mol. The van der Waals surface area contributed by atoms with E-state index in [1.807, 2.05) is 17.3 Å². The van der Waals surface area contributed by atoms with Gasteiger partial charge in [-0.15, -0.1) is 0 Å². The van der Waals surface area contributed by atoms with Crippen molar-refractivity contribution in [3.05, 3.63) is 66.2 Å². The van der Waals surface area contributed by atoms with Crippen molar-refractivity contribution in [1.29, 1.82) is 0 Å². The maximum Gasteiger partial charge on any atom is 0.238 e. The number of nitrogens with zero attached hydrogens (tertiary/aromatic N) is 6. The molecule has 2 aromatic heterocycles. The number of aromatic nitrogens is 3. The number of imidazole rings is 1. The van der Waals surface area contributed by atoms with E-state index in [-0.39, 0.29) is 29.7 Å². The number of piperidine rings is 3. The van der Waals surface area contributed by atoms with E-state index in [2.05, 4.69) is 57.0 Å². The Balaban J connectivity index is 1.00. The van der Waals surface area contributed by atoms with Gasteiger partial charge in [-0.2, -0.15) is 0 Å². The van der Waals surface area contributed by atoms with Gasteiger partial charge in [-0.25, -0.2) is 14.4 Å². The van der Waals surface area contributed by atoms with Crippen LogP contribution in [0.25, 0.3) is 22.3 Å². The summed E-state index contributed by atoms with van der Waals surface area (Å²) in [6.07, 6.45) is 8.92. The molecule has 2 aromatic carbocycles. The largest absolute Gasteiger partial charge is 0.342 e. The van der Waals surface area contributed by atoms with Crippen molar-refractivity contribution in [3.63, 3.8) is 0 Å². The van der Waals surface area contributed by atoms with Gasteiger partial charge in [-0.3, -0.25) is 9.59 Å². The van der Waals surface area contributed by atoms with E-state index in [0.29, 0.717) is 66.9 Å². The molecule has 2 N–H and O–H groups in total. The van der Waals surface area contributed by atoms with Gasteiger partial charge in [0.15, 0.2) is 5.82 Å². The molecule has 2 saturated carbocycles. The summed E-state index contributed by atoms with van der Waals surface area (Å²) in [6, 6.07) is 15.8. The molecule has 2 amide bonds. The lowest BCUT2D eigenvalue weighted by atomic mass is 9.73. The number of benzene rings is 2. The summed E-state index contributed by atoms with van der Waals surface area (Å²) in [4.78, 5) is 45.2. The zero-order valence-electron chi connectivity index (χ0n) is 30.7. The number of carbonyl (C=O) groups excluding carboxylic acids is 2. The number of fused-ring (bicyclic) bond motifs is 4. The highest BCUT2D eigenvalue weighted by atomic mass is 19.1. The molecule has 11 heteroatoms. The van der Waals surface area contributed by atoms with E-state index in [4.69, 9.17) is 9.97 Å². The standard InChI is InChI=1S/C42H49FN8O2/c1-25(2)50-24-45-35-21-34(47-39(38(35)50)46-33-9-5-4-8-32(33)43)26-10-11-31-36(18-26)51(28-19-27(20-28)48-14-6-3-7-15-48)41(53)42(31)12-16-49(17-13-42)40(52)37-29-22-44-23-30(29)37/h4-5,8-11,18,21,24-25,27-30,37,44H,3,6-7,12-17,19-20,22-23H2,1-2H3,(H,46,47). The minimum atomic E-state index is -0.632. The molecule has 53 heavy (non-hydrogen) atoms. The topological polar surface area (TPSA) is 98.6 Å². The third-order valence-corrected chi connectivity index (χ3v) is 13.6. The summed E-state index contributed by atoms with van der Waals surface area (Å²) in [5, 5.41) is 6.69. The Kier molecular flexibility index (Phi) is 7.91. The van der Waals surface area contributed by atoms with Gasteiger partial charge in [0.05, 0.1) is 28.6 Å². The molecule has 1 spiro atoms. The van der Waals surface area contributed by atoms with Crippen LogP contribution in [0.1, 0.15) is 70.4 Å².